The summed E-state index contributed by atoms with van der Waals surface area (Å²) in [5, 5.41) is 8.19. The standard InChI is InChI=1S/C15H17BrN4O2/c1-10-6-11(2)20(19-10)9-15(21)18-17-8-12-7-13(16)4-5-14(12)22-3/h4-8H,9H2,1-3H3,(H,18,21)/b17-8+. The monoisotopic (exact) mass is 364 g/mol. The number of amides is 1. The van der Waals surface area contributed by atoms with Crippen molar-refractivity contribution in [2.45, 2.75) is 20.4 Å². The molecule has 0 saturated heterocycles. The smallest absolute Gasteiger partial charge is 0.261 e. The predicted molar refractivity (Wildman–Crippen MR) is 88.1 cm³/mol. The van der Waals surface area contributed by atoms with E-state index >= 15 is 0 Å². The van der Waals surface area contributed by atoms with Gasteiger partial charge in [0, 0.05) is 15.7 Å². The maximum absolute atomic E-state index is 11.9. The second-order valence-corrected chi connectivity index (χ2v) is 5.68. The summed E-state index contributed by atoms with van der Waals surface area (Å²) < 4.78 is 7.78. The number of nitrogens with zero attached hydrogens (tertiary/aromatic N) is 3. The molecule has 0 saturated carbocycles. The Hall–Kier alpha value is -2.15. The molecule has 0 aliphatic heterocycles. The van der Waals surface area contributed by atoms with Crippen molar-refractivity contribution in [3.8, 4) is 5.75 Å². The number of hydrogen-bond donors (Lipinski definition) is 1. The number of aromatic nitrogens is 2. The molecule has 7 heteroatoms. The number of aryl methyl sites for hydroxylation is 2. The molecule has 0 atom stereocenters. The molecular formula is C15H17BrN4O2. The number of halogens is 1. The minimum absolute atomic E-state index is 0.132. The zero-order valence-corrected chi connectivity index (χ0v) is 14.2. The Balaban J connectivity index is 1.99. The van der Waals surface area contributed by atoms with Gasteiger partial charge in [-0.2, -0.15) is 10.2 Å². The first-order chi connectivity index (χ1) is 10.5. The second kappa shape index (κ2) is 7.22. The van der Waals surface area contributed by atoms with Gasteiger partial charge in [0.15, 0.2) is 0 Å². The largest absolute Gasteiger partial charge is 0.496 e. The maximum Gasteiger partial charge on any atom is 0.261 e. The topological polar surface area (TPSA) is 68.5 Å². The molecule has 6 nitrogen and oxygen atoms in total. The van der Waals surface area contributed by atoms with Crippen LogP contribution in [0.15, 0.2) is 33.8 Å². The Labute approximate surface area is 137 Å². The summed E-state index contributed by atoms with van der Waals surface area (Å²) in [4.78, 5) is 11.9. The normalized spacial score (nSPS) is 10.9. The van der Waals surface area contributed by atoms with Crippen LogP contribution in [-0.4, -0.2) is 29.0 Å². The number of methoxy groups -OCH3 is 1. The fourth-order valence-corrected chi connectivity index (χ4v) is 2.37. The van der Waals surface area contributed by atoms with Crippen molar-refractivity contribution in [1.82, 2.24) is 15.2 Å². The second-order valence-electron chi connectivity index (χ2n) is 4.76. The third-order valence-corrected chi connectivity index (χ3v) is 3.47. The first kappa shape index (κ1) is 16.2. The van der Waals surface area contributed by atoms with Gasteiger partial charge in [-0.1, -0.05) is 15.9 Å². The SMILES string of the molecule is COc1ccc(Br)cc1/C=N/NC(=O)Cn1nc(C)cc1C. The molecule has 0 aliphatic carbocycles. The van der Waals surface area contributed by atoms with Gasteiger partial charge in [0.05, 0.1) is 19.0 Å². The van der Waals surface area contributed by atoms with Gasteiger partial charge in [0.2, 0.25) is 0 Å². The van der Waals surface area contributed by atoms with Crippen molar-refractivity contribution < 1.29 is 9.53 Å². The van der Waals surface area contributed by atoms with Crippen LogP contribution in [0.4, 0.5) is 0 Å². The summed E-state index contributed by atoms with van der Waals surface area (Å²) in [5.41, 5.74) is 5.07. The van der Waals surface area contributed by atoms with Crippen molar-refractivity contribution in [2.75, 3.05) is 7.11 Å². The number of rotatable bonds is 5. The summed E-state index contributed by atoms with van der Waals surface area (Å²) in [6, 6.07) is 7.47. The highest BCUT2D eigenvalue weighted by Gasteiger charge is 2.06. The fraction of sp³-hybridized carbons (Fsp3) is 0.267. The van der Waals surface area contributed by atoms with E-state index in [0.29, 0.717) is 5.75 Å². The van der Waals surface area contributed by atoms with E-state index in [9.17, 15) is 4.79 Å². The molecule has 0 radical (unpaired) electrons. The van der Waals surface area contributed by atoms with Crippen molar-refractivity contribution >= 4 is 28.1 Å². The summed E-state index contributed by atoms with van der Waals surface area (Å²) in [6.45, 7) is 3.93. The first-order valence-electron chi connectivity index (χ1n) is 6.66. The zero-order valence-electron chi connectivity index (χ0n) is 12.6. The summed E-state index contributed by atoms with van der Waals surface area (Å²) in [6.07, 6.45) is 1.54. The van der Waals surface area contributed by atoms with Crippen LogP contribution in [0.5, 0.6) is 5.75 Å². The lowest BCUT2D eigenvalue weighted by Gasteiger charge is -2.05. The Morgan fingerprint density at radius 1 is 1.45 bits per heavy atom. The number of nitrogens with one attached hydrogen (secondary N) is 1. The molecule has 0 spiro atoms. The number of carbonyl (C=O) groups is 1. The zero-order chi connectivity index (χ0) is 16.1. The third kappa shape index (κ3) is 4.17. The Kier molecular flexibility index (Phi) is 5.32. The quantitative estimate of drug-likeness (QED) is 0.654. The van der Waals surface area contributed by atoms with Gasteiger partial charge in [-0.05, 0) is 38.1 Å². The molecule has 116 valence electrons. The van der Waals surface area contributed by atoms with E-state index in [0.717, 1.165) is 21.4 Å². The molecule has 22 heavy (non-hydrogen) atoms. The van der Waals surface area contributed by atoms with E-state index in [1.54, 1.807) is 18.0 Å². The Morgan fingerprint density at radius 3 is 2.86 bits per heavy atom. The number of ether oxygens (including phenoxy) is 1. The van der Waals surface area contributed by atoms with E-state index in [4.69, 9.17) is 4.74 Å². The first-order valence-corrected chi connectivity index (χ1v) is 7.45. The number of benzene rings is 1. The highest BCUT2D eigenvalue weighted by atomic mass is 79.9. The molecule has 1 aromatic carbocycles. The van der Waals surface area contributed by atoms with E-state index in [2.05, 4.69) is 31.6 Å². The highest BCUT2D eigenvalue weighted by molar-refractivity contribution is 9.10. The van der Waals surface area contributed by atoms with Gasteiger partial charge in [0.25, 0.3) is 5.91 Å². The van der Waals surface area contributed by atoms with Crippen LogP contribution in [0.25, 0.3) is 0 Å². The number of hydrogen-bond acceptors (Lipinski definition) is 4. The molecule has 2 rings (SSSR count). The maximum atomic E-state index is 11.9. The van der Waals surface area contributed by atoms with Crippen molar-refractivity contribution in [2.24, 2.45) is 5.10 Å². The van der Waals surface area contributed by atoms with Gasteiger partial charge < -0.3 is 4.74 Å². The highest BCUT2D eigenvalue weighted by Crippen LogP contribution is 2.21. The molecule has 2 aromatic rings. The molecule has 0 bridgehead atoms. The van der Waals surface area contributed by atoms with Gasteiger partial charge in [-0.25, -0.2) is 5.43 Å². The minimum atomic E-state index is -0.239. The Morgan fingerprint density at radius 2 is 2.23 bits per heavy atom. The van der Waals surface area contributed by atoms with E-state index in [-0.39, 0.29) is 12.5 Å². The lowest BCUT2D eigenvalue weighted by Crippen LogP contribution is -2.24. The van der Waals surface area contributed by atoms with Crippen LogP contribution in [0, 0.1) is 13.8 Å². The minimum Gasteiger partial charge on any atom is -0.496 e. The van der Waals surface area contributed by atoms with Gasteiger partial charge >= 0.3 is 0 Å². The molecule has 1 aromatic heterocycles. The number of hydrazone groups is 1. The van der Waals surface area contributed by atoms with Crippen LogP contribution in [0.1, 0.15) is 17.0 Å². The Bertz CT molecular complexity index is 710. The lowest BCUT2D eigenvalue weighted by atomic mass is 10.2. The molecule has 0 aliphatic rings. The summed E-state index contributed by atoms with van der Waals surface area (Å²) in [5.74, 6) is 0.441. The van der Waals surface area contributed by atoms with Crippen molar-refractivity contribution in [3.05, 3.63) is 45.7 Å². The lowest BCUT2D eigenvalue weighted by molar-refractivity contribution is -0.121. The van der Waals surface area contributed by atoms with E-state index in [1.807, 2.05) is 38.1 Å². The van der Waals surface area contributed by atoms with Crippen LogP contribution in [-0.2, 0) is 11.3 Å². The van der Waals surface area contributed by atoms with Crippen molar-refractivity contribution in [1.29, 1.82) is 0 Å². The average molecular weight is 365 g/mol. The summed E-state index contributed by atoms with van der Waals surface area (Å²) >= 11 is 3.38. The fourth-order valence-electron chi connectivity index (χ4n) is 1.99. The van der Waals surface area contributed by atoms with Gasteiger partial charge in [-0.15, -0.1) is 0 Å². The van der Waals surface area contributed by atoms with Crippen molar-refractivity contribution in [3.63, 3.8) is 0 Å². The van der Waals surface area contributed by atoms with Crippen LogP contribution in [0.2, 0.25) is 0 Å². The van der Waals surface area contributed by atoms with Gasteiger partial charge in [0.1, 0.15) is 12.3 Å². The van der Waals surface area contributed by atoms with Crippen LogP contribution < -0.4 is 10.2 Å². The number of carbonyl (C=O) groups excluding carboxylic acids is 1. The molecule has 1 N–H and O–H groups in total. The van der Waals surface area contributed by atoms with E-state index in [1.165, 1.54) is 0 Å². The molecule has 0 unspecified atom stereocenters. The average Bonchev–Trinajstić information content (AvgIpc) is 2.77. The van der Waals surface area contributed by atoms with Gasteiger partial charge in [-0.3, -0.25) is 9.48 Å². The van der Waals surface area contributed by atoms with E-state index < -0.39 is 0 Å². The van der Waals surface area contributed by atoms with Crippen LogP contribution >= 0.6 is 15.9 Å². The summed E-state index contributed by atoms with van der Waals surface area (Å²) in [7, 11) is 1.59. The molecule has 0 fully saturated rings. The third-order valence-electron chi connectivity index (χ3n) is 2.98. The van der Waals surface area contributed by atoms with Crippen LogP contribution in [0.3, 0.4) is 0 Å². The predicted octanol–water partition coefficient (Wildman–Crippen LogP) is 2.42. The molecule has 1 heterocycles. The molecule has 1 amide bonds. The molecular weight excluding hydrogens is 348 g/mol.